The molecule has 0 fully saturated rings. The van der Waals surface area contributed by atoms with Crippen molar-refractivity contribution in [2.75, 3.05) is 31.0 Å². The van der Waals surface area contributed by atoms with E-state index in [4.69, 9.17) is 32.7 Å². The fraction of sp³-hybridized carbons (Fsp3) is 0.158. The standard InChI is InChI=1S/C19H18Cl2N2O4/c1-26-9-10-27-19(25)23-15-4-2-3-14(12-15)22-18(24)8-6-13-5-7-16(20)17(21)11-13/h2-8,11-12H,9-10H2,1H3,(H,22,24)(H,23,25)/b8-6+. The third-order valence-electron chi connectivity index (χ3n) is 3.27. The van der Waals surface area contributed by atoms with E-state index in [0.29, 0.717) is 28.0 Å². The van der Waals surface area contributed by atoms with Crippen LogP contribution in [-0.2, 0) is 14.3 Å². The van der Waals surface area contributed by atoms with E-state index in [1.807, 2.05) is 0 Å². The maximum absolute atomic E-state index is 12.1. The largest absolute Gasteiger partial charge is 0.447 e. The molecule has 0 aliphatic carbocycles. The predicted molar refractivity (Wildman–Crippen MR) is 107 cm³/mol. The van der Waals surface area contributed by atoms with Gasteiger partial charge in [0, 0.05) is 24.6 Å². The van der Waals surface area contributed by atoms with Gasteiger partial charge >= 0.3 is 6.09 Å². The number of hydrogen-bond acceptors (Lipinski definition) is 4. The van der Waals surface area contributed by atoms with Gasteiger partial charge in [-0.25, -0.2) is 4.79 Å². The lowest BCUT2D eigenvalue weighted by atomic mass is 10.2. The van der Waals surface area contributed by atoms with Crippen LogP contribution in [0, 0.1) is 0 Å². The minimum atomic E-state index is -0.602. The molecule has 27 heavy (non-hydrogen) atoms. The molecule has 0 radical (unpaired) electrons. The van der Waals surface area contributed by atoms with E-state index in [9.17, 15) is 9.59 Å². The minimum Gasteiger partial charge on any atom is -0.447 e. The lowest BCUT2D eigenvalue weighted by Crippen LogP contribution is -2.16. The first kappa shape index (κ1) is 20.8. The first-order valence-electron chi connectivity index (χ1n) is 7.95. The Morgan fingerprint density at radius 3 is 2.44 bits per heavy atom. The number of carbonyl (C=O) groups excluding carboxylic acids is 2. The zero-order valence-corrected chi connectivity index (χ0v) is 16.0. The summed E-state index contributed by atoms with van der Waals surface area (Å²) < 4.78 is 9.72. The summed E-state index contributed by atoms with van der Waals surface area (Å²) in [5, 5.41) is 6.14. The van der Waals surface area contributed by atoms with Crippen LogP contribution in [0.4, 0.5) is 16.2 Å². The van der Waals surface area contributed by atoms with Crippen LogP contribution in [0.25, 0.3) is 6.08 Å². The number of amides is 2. The van der Waals surface area contributed by atoms with E-state index in [1.165, 1.54) is 13.2 Å². The van der Waals surface area contributed by atoms with Crippen molar-refractivity contribution >= 4 is 52.7 Å². The molecule has 2 aromatic rings. The predicted octanol–water partition coefficient (Wildman–Crippen LogP) is 4.84. The topological polar surface area (TPSA) is 76.7 Å². The van der Waals surface area contributed by atoms with Gasteiger partial charge in [0.05, 0.1) is 16.7 Å². The highest BCUT2D eigenvalue weighted by Crippen LogP contribution is 2.23. The van der Waals surface area contributed by atoms with Crippen LogP contribution >= 0.6 is 23.2 Å². The van der Waals surface area contributed by atoms with Gasteiger partial charge in [-0.3, -0.25) is 10.1 Å². The van der Waals surface area contributed by atoms with E-state index < -0.39 is 6.09 Å². The smallest absolute Gasteiger partial charge is 0.411 e. The van der Waals surface area contributed by atoms with E-state index in [0.717, 1.165) is 5.56 Å². The summed E-state index contributed by atoms with van der Waals surface area (Å²) >= 11 is 11.8. The quantitative estimate of drug-likeness (QED) is 0.507. The lowest BCUT2D eigenvalue weighted by molar-refractivity contribution is -0.111. The Kier molecular flexibility index (Phi) is 8.13. The molecule has 2 rings (SSSR count). The number of benzene rings is 2. The van der Waals surface area contributed by atoms with Gasteiger partial charge in [0.1, 0.15) is 6.61 Å². The Morgan fingerprint density at radius 1 is 1.00 bits per heavy atom. The van der Waals surface area contributed by atoms with Gasteiger partial charge in [-0.2, -0.15) is 0 Å². The highest BCUT2D eigenvalue weighted by molar-refractivity contribution is 6.42. The Labute approximate surface area is 167 Å². The SMILES string of the molecule is COCCOC(=O)Nc1cccc(NC(=O)/C=C/c2ccc(Cl)c(Cl)c2)c1. The summed E-state index contributed by atoms with van der Waals surface area (Å²) in [4.78, 5) is 23.7. The van der Waals surface area contributed by atoms with Crippen molar-refractivity contribution in [3.63, 3.8) is 0 Å². The molecule has 0 unspecified atom stereocenters. The summed E-state index contributed by atoms with van der Waals surface area (Å²) in [6, 6.07) is 11.8. The molecular weight excluding hydrogens is 391 g/mol. The van der Waals surface area contributed by atoms with Crippen molar-refractivity contribution in [1.82, 2.24) is 0 Å². The van der Waals surface area contributed by atoms with Crippen LogP contribution in [0.2, 0.25) is 10.0 Å². The summed E-state index contributed by atoms with van der Waals surface area (Å²) in [6.07, 6.45) is 2.39. The normalized spacial score (nSPS) is 10.6. The average molecular weight is 409 g/mol. The summed E-state index contributed by atoms with van der Waals surface area (Å²) in [7, 11) is 1.52. The molecule has 6 nitrogen and oxygen atoms in total. The molecule has 8 heteroatoms. The molecule has 0 atom stereocenters. The minimum absolute atomic E-state index is 0.151. The van der Waals surface area contributed by atoms with Gasteiger partial charge in [0.2, 0.25) is 5.91 Å². The van der Waals surface area contributed by atoms with Crippen molar-refractivity contribution in [2.24, 2.45) is 0 Å². The molecule has 0 aliphatic heterocycles. The van der Waals surface area contributed by atoms with Crippen LogP contribution < -0.4 is 10.6 Å². The fourth-order valence-corrected chi connectivity index (χ4v) is 2.32. The number of methoxy groups -OCH3 is 1. The van der Waals surface area contributed by atoms with Crippen LogP contribution in [0.1, 0.15) is 5.56 Å². The highest BCUT2D eigenvalue weighted by Gasteiger charge is 2.05. The number of rotatable bonds is 7. The molecule has 0 aliphatic rings. The molecule has 2 amide bonds. The molecular formula is C19H18Cl2N2O4. The van der Waals surface area contributed by atoms with Gasteiger partial charge in [-0.15, -0.1) is 0 Å². The zero-order valence-electron chi connectivity index (χ0n) is 14.5. The number of ether oxygens (including phenoxy) is 2. The molecule has 2 aromatic carbocycles. The van der Waals surface area contributed by atoms with Crippen molar-refractivity contribution < 1.29 is 19.1 Å². The van der Waals surface area contributed by atoms with Crippen molar-refractivity contribution in [2.45, 2.75) is 0 Å². The van der Waals surface area contributed by atoms with Crippen LogP contribution in [0.3, 0.4) is 0 Å². The second-order valence-electron chi connectivity index (χ2n) is 5.33. The lowest BCUT2D eigenvalue weighted by Gasteiger charge is -2.08. The molecule has 0 heterocycles. The first-order chi connectivity index (χ1) is 13.0. The second kappa shape index (κ2) is 10.6. The molecule has 0 spiro atoms. The summed E-state index contributed by atoms with van der Waals surface area (Å²) in [5.74, 6) is -0.333. The summed E-state index contributed by atoms with van der Waals surface area (Å²) in [6.45, 7) is 0.465. The maximum atomic E-state index is 12.1. The Balaban J connectivity index is 1.92. The zero-order chi connectivity index (χ0) is 19.6. The van der Waals surface area contributed by atoms with Crippen LogP contribution in [0.15, 0.2) is 48.5 Å². The Hall–Kier alpha value is -2.54. The molecule has 0 saturated heterocycles. The van der Waals surface area contributed by atoms with Crippen LogP contribution in [0.5, 0.6) is 0 Å². The van der Waals surface area contributed by atoms with Crippen LogP contribution in [-0.4, -0.2) is 32.3 Å². The fourth-order valence-electron chi connectivity index (χ4n) is 2.02. The Morgan fingerprint density at radius 2 is 1.74 bits per heavy atom. The number of hydrogen-bond donors (Lipinski definition) is 2. The second-order valence-corrected chi connectivity index (χ2v) is 6.15. The number of nitrogens with one attached hydrogen (secondary N) is 2. The van der Waals surface area contributed by atoms with Gasteiger partial charge in [-0.1, -0.05) is 35.3 Å². The molecule has 142 valence electrons. The van der Waals surface area contributed by atoms with Crippen molar-refractivity contribution in [3.05, 3.63) is 64.1 Å². The number of carbonyl (C=O) groups is 2. The van der Waals surface area contributed by atoms with Gasteiger partial charge in [0.15, 0.2) is 0 Å². The van der Waals surface area contributed by atoms with E-state index in [-0.39, 0.29) is 12.5 Å². The summed E-state index contributed by atoms with van der Waals surface area (Å²) in [5.41, 5.74) is 1.76. The van der Waals surface area contributed by atoms with E-state index in [2.05, 4.69) is 10.6 Å². The average Bonchev–Trinajstić information content (AvgIpc) is 2.63. The molecule has 2 N–H and O–H groups in total. The third-order valence-corrected chi connectivity index (χ3v) is 4.01. The number of anilines is 2. The third kappa shape index (κ3) is 7.30. The monoisotopic (exact) mass is 408 g/mol. The number of halogens is 2. The van der Waals surface area contributed by atoms with Crippen molar-refractivity contribution in [3.8, 4) is 0 Å². The van der Waals surface area contributed by atoms with E-state index in [1.54, 1.807) is 48.5 Å². The molecule has 0 aromatic heterocycles. The van der Waals surface area contributed by atoms with E-state index >= 15 is 0 Å². The highest BCUT2D eigenvalue weighted by atomic mass is 35.5. The first-order valence-corrected chi connectivity index (χ1v) is 8.70. The maximum Gasteiger partial charge on any atom is 0.411 e. The van der Waals surface area contributed by atoms with Gasteiger partial charge in [-0.05, 0) is 42.0 Å². The Bertz CT molecular complexity index is 840. The van der Waals surface area contributed by atoms with Gasteiger partial charge in [0.25, 0.3) is 0 Å². The molecule has 0 saturated carbocycles. The van der Waals surface area contributed by atoms with Gasteiger partial charge < -0.3 is 14.8 Å². The van der Waals surface area contributed by atoms with Crippen molar-refractivity contribution in [1.29, 1.82) is 0 Å². The molecule has 0 bridgehead atoms.